The standard InChI is InChI=1S/C12H12BrN3O2S2/c13-8-5-9(7-14-6-8)20(17,18)16-12-15-10-3-1-2-4-11(10)19-12/h5-7H,1-4H2,(H,15,16). The molecule has 0 unspecified atom stereocenters. The molecular formula is C12H12BrN3O2S2. The lowest BCUT2D eigenvalue weighted by molar-refractivity contribution is 0.600. The smallest absolute Gasteiger partial charge is 0.262 e. The van der Waals surface area contributed by atoms with E-state index in [9.17, 15) is 8.42 Å². The molecule has 2 aromatic rings. The second kappa shape index (κ2) is 5.42. The van der Waals surface area contributed by atoms with Crippen LogP contribution in [0.15, 0.2) is 27.8 Å². The summed E-state index contributed by atoms with van der Waals surface area (Å²) in [5.74, 6) is 0. The third-order valence-electron chi connectivity index (χ3n) is 3.06. The van der Waals surface area contributed by atoms with Crippen LogP contribution in [0.1, 0.15) is 23.4 Å². The van der Waals surface area contributed by atoms with Gasteiger partial charge in [0.05, 0.1) is 5.69 Å². The zero-order chi connectivity index (χ0) is 14.2. The van der Waals surface area contributed by atoms with Gasteiger partial charge in [0.1, 0.15) is 4.90 Å². The van der Waals surface area contributed by atoms with Crippen LogP contribution in [-0.4, -0.2) is 18.4 Å². The molecule has 2 heterocycles. The Balaban J connectivity index is 1.88. The Labute approximate surface area is 129 Å². The lowest BCUT2D eigenvalue weighted by Gasteiger charge is -2.06. The Morgan fingerprint density at radius 1 is 1.25 bits per heavy atom. The molecule has 0 radical (unpaired) electrons. The molecule has 0 aliphatic heterocycles. The van der Waals surface area contributed by atoms with E-state index in [1.807, 2.05) is 0 Å². The van der Waals surface area contributed by atoms with E-state index in [2.05, 4.69) is 30.6 Å². The van der Waals surface area contributed by atoms with Crippen LogP contribution >= 0.6 is 27.3 Å². The summed E-state index contributed by atoms with van der Waals surface area (Å²) in [6.45, 7) is 0. The molecule has 0 bridgehead atoms. The van der Waals surface area contributed by atoms with E-state index in [-0.39, 0.29) is 4.90 Å². The van der Waals surface area contributed by atoms with Gasteiger partial charge in [-0.25, -0.2) is 13.4 Å². The van der Waals surface area contributed by atoms with Crippen molar-refractivity contribution < 1.29 is 8.42 Å². The summed E-state index contributed by atoms with van der Waals surface area (Å²) < 4.78 is 27.7. The van der Waals surface area contributed by atoms with Crippen molar-refractivity contribution in [2.24, 2.45) is 0 Å². The van der Waals surface area contributed by atoms with Crippen LogP contribution in [0, 0.1) is 0 Å². The first-order valence-electron chi connectivity index (χ1n) is 6.16. The van der Waals surface area contributed by atoms with Crippen molar-refractivity contribution in [2.45, 2.75) is 30.6 Å². The molecule has 106 valence electrons. The number of sulfonamides is 1. The van der Waals surface area contributed by atoms with E-state index >= 15 is 0 Å². The zero-order valence-electron chi connectivity index (χ0n) is 10.5. The van der Waals surface area contributed by atoms with E-state index in [0.29, 0.717) is 9.60 Å². The number of nitrogens with one attached hydrogen (secondary N) is 1. The fourth-order valence-corrected chi connectivity index (χ4v) is 4.90. The highest BCUT2D eigenvalue weighted by Crippen LogP contribution is 2.30. The van der Waals surface area contributed by atoms with Gasteiger partial charge >= 0.3 is 0 Å². The van der Waals surface area contributed by atoms with Gasteiger partial charge in [0.2, 0.25) is 0 Å². The highest BCUT2D eigenvalue weighted by Gasteiger charge is 2.20. The average molecular weight is 374 g/mol. The number of rotatable bonds is 3. The molecule has 0 fully saturated rings. The molecule has 1 aliphatic rings. The highest BCUT2D eigenvalue weighted by atomic mass is 79.9. The van der Waals surface area contributed by atoms with Gasteiger partial charge < -0.3 is 0 Å². The first-order valence-corrected chi connectivity index (χ1v) is 9.26. The monoisotopic (exact) mass is 373 g/mol. The van der Waals surface area contributed by atoms with Gasteiger partial charge in [-0.15, -0.1) is 11.3 Å². The first kappa shape index (κ1) is 14.0. The number of nitrogens with zero attached hydrogens (tertiary/aromatic N) is 2. The van der Waals surface area contributed by atoms with Gasteiger partial charge in [0.25, 0.3) is 10.0 Å². The maximum absolute atomic E-state index is 12.3. The minimum Gasteiger partial charge on any atom is -0.262 e. The summed E-state index contributed by atoms with van der Waals surface area (Å²) in [6, 6.07) is 1.52. The van der Waals surface area contributed by atoms with Crippen molar-refractivity contribution in [1.29, 1.82) is 0 Å². The minimum absolute atomic E-state index is 0.125. The van der Waals surface area contributed by atoms with Crippen molar-refractivity contribution in [3.8, 4) is 0 Å². The van der Waals surface area contributed by atoms with Crippen LogP contribution in [0.5, 0.6) is 0 Å². The first-order chi connectivity index (χ1) is 9.54. The Morgan fingerprint density at radius 2 is 2.05 bits per heavy atom. The van der Waals surface area contributed by atoms with Crippen molar-refractivity contribution >= 4 is 42.4 Å². The summed E-state index contributed by atoms with van der Waals surface area (Å²) >= 11 is 4.65. The molecule has 5 nitrogen and oxygen atoms in total. The molecule has 0 amide bonds. The van der Waals surface area contributed by atoms with E-state index in [1.165, 1.54) is 28.5 Å². The normalized spacial score (nSPS) is 14.8. The van der Waals surface area contributed by atoms with Gasteiger partial charge in [0.15, 0.2) is 5.13 Å². The number of hydrogen-bond donors (Lipinski definition) is 1. The quantitative estimate of drug-likeness (QED) is 0.897. The molecule has 3 rings (SSSR count). The van der Waals surface area contributed by atoms with Gasteiger partial charge in [-0.3, -0.25) is 9.71 Å². The van der Waals surface area contributed by atoms with Crippen LogP contribution in [0.25, 0.3) is 0 Å². The number of anilines is 1. The molecule has 1 N–H and O–H groups in total. The Morgan fingerprint density at radius 3 is 2.80 bits per heavy atom. The molecule has 0 aromatic carbocycles. The Hall–Kier alpha value is -0.990. The summed E-state index contributed by atoms with van der Waals surface area (Å²) in [4.78, 5) is 9.57. The third kappa shape index (κ3) is 2.87. The van der Waals surface area contributed by atoms with Gasteiger partial charge in [-0.2, -0.15) is 0 Å². The summed E-state index contributed by atoms with van der Waals surface area (Å²) in [6.07, 6.45) is 7.07. The van der Waals surface area contributed by atoms with E-state index in [0.717, 1.165) is 31.4 Å². The van der Waals surface area contributed by atoms with E-state index < -0.39 is 10.0 Å². The average Bonchev–Trinajstić information content (AvgIpc) is 2.80. The topological polar surface area (TPSA) is 72.0 Å². The SMILES string of the molecule is O=S(=O)(Nc1nc2c(s1)CCCC2)c1cncc(Br)c1. The summed E-state index contributed by atoms with van der Waals surface area (Å²) in [7, 11) is -3.63. The summed E-state index contributed by atoms with van der Waals surface area (Å²) in [5.41, 5.74) is 1.03. The third-order valence-corrected chi connectivity index (χ3v) is 6.00. The molecular weight excluding hydrogens is 362 g/mol. The number of fused-ring (bicyclic) bond motifs is 1. The maximum Gasteiger partial charge on any atom is 0.265 e. The number of aromatic nitrogens is 2. The van der Waals surface area contributed by atoms with Crippen molar-refractivity contribution in [2.75, 3.05) is 4.72 Å². The largest absolute Gasteiger partial charge is 0.265 e. The van der Waals surface area contributed by atoms with Crippen molar-refractivity contribution in [3.05, 3.63) is 33.5 Å². The van der Waals surface area contributed by atoms with Crippen LogP contribution in [0.3, 0.4) is 0 Å². The molecule has 0 spiro atoms. The van der Waals surface area contributed by atoms with E-state index in [4.69, 9.17) is 0 Å². The predicted molar refractivity (Wildman–Crippen MR) is 81.5 cm³/mol. The molecule has 0 saturated heterocycles. The van der Waals surface area contributed by atoms with Crippen LogP contribution in [0.4, 0.5) is 5.13 Å². The number of aryl methyl sites for hydroxylation is 2. The number of thiazole rings is 1. The fraction of sp³-hybridized carbons (Fsp3) is 0.333. The zero-order valence-corrected chi connectivity index (χ0v) is 13.7. The second-order valence-corrected chi connectivity index (χ2v) is 8.22. The molecule has 1 aliphatic carbocycles. The van der Waals surface area contributed by atoms with Crippen LogP contribution < -0.4 is 4.72 Å². The van der Waals surface area contributed by atoms with Crippen molar-refractivity contribution in [3.63, 3.8) is 0 Å². The number of halogens is 1. The Bertz CT molecular complexity index is 719. The second-order valence-electron chi connectivity index (χ2n) is 4.54. The number of hydrogen-bond acceptors (Lipinski definition) is 5. The van der Waals surface area contributed by atoms with Gasteiger partial charge in [-0.05, 0) is 47.7 Å². The highest BCUT2D eigenvalue weighted by molar-refractivity contribution is 9.10. The van der Waals surface area contributed by atoms with Crippen LogP contribution in [-0.2, 0) is 22.9 Å². The van der Waals surface area contributed by atoms with E-state index in [1.54, 1.807) is 6.20 Å². The van der Waals surface area contributed by atoms with Gasteiger partial charge in [0, 0.05) is 21.7 Å². The minimum atomic E-state index is -3.63. The molecule has 2 aromatic heterocycles. The lowest BCUT2D eigenvalue weighted by atomic mass is 10.0. The summed E-state index contributed by atoms with van der Waals surface area (Å²) in [5, 5.41) is 0.442. The fourth-order valence-electron chi connectivity index (χ4n) is 2.11. The number of pyridine rings is 1. The lowest BCUT2D eigenvalue weighted by Crippen LogP contribution is -2.13. The predicted octanol–water partition coefficient (Wildman–Crippen LogP) is 2.98. The van der Waals surface area contributed by atoms with Crippen molar-refractivity contribution in [1.82, 2.24) is 9.97 Å². The van der Waals surface area contributed by atoms with Crippen LogP contribution in [0.2, 0.25) is 0 Å². The molecule has 0 saturated carbocycles. The molecule has 8 heteroatoms. The molecule has 20 heavy (non-hydrogen) atoms. The van der Waals surface area contributed by atoms with Gasteiger partial charge in [-0.1, -0.05) is 0 Å². The molecule has 0 atom stereocenters. The maximum atomic E-state index is 12.3. The Kier molecular flexibility index (Phi) is 3.78.